The van der Waals surface area contributed by atoms with Gasteiger partial charge in [-0.2, -0.15) is 9.97 Å². The molecule has 6 heteroatoms. The summed E-state index contributed by atoms with van der Waals surface area (Å²) in [6.45, 7) is 2.41. The Kier molecular flexibility index (Phi) is 2.95. The number of nitrogens with two attached hydrogens (primary N) is 1. The summed E-state index contributed by atoms with van der Waals surface area (Å²) in [6, 6.07) is 2.91. The van der Waals surface area contributed by atoms with E-state index in [-0.39, 0.29) is 5.95 Å². The lowest BCUT2D eigenvalue weighted by Gasteiger charge is -2.21. The molecule has 2 fully saturated rings. The Morgan fingerprint density at radius 1 is 1.39 bits per heavy atom. The van der Waals surface area contributed by atoms with Crippen LogP contribution < -0.4 is 15.8 Å². The Morgan fingerprint density at radius 3 is 3.11 bits per heavy atom. The average molecular weight is 249 g/mol. The molecule has 0 amide bonds. The number of hydrogen-bond acceptors (Lipinski definition) is 6. The molecule has 0 bridgehead atoms. The van der Waals surface area contributed by atoms with Gasteiger partial charge in [-0.3, -0.25) is 4.90 Å². The lowest BCUT2D eigenvalue weighted by atomic mass is 10.1. The zero-order chi connectivity index (χ0) is 12.5. The normalized spacial score (nSPS) is 27.2. The topological polar surface area (TPSA) is 76.3 Å². The van der Waals surface area contributed by atoms with Crippen molar-refractivity contribution in [3.63, 3.8) is 0 Å². The SMILES string of the molecule is COc1cc(NC2CCN3CCCC23)nc(N)n1. The van der Waals surface area contributed by atoms with Crippen LogP contribution in [0.15, 0.2) is 6.07 Å². The van der Waals surface area contributed by atoms with Crippen molar-refractivity contribution in [2.45, 2.75) is 31.3 Å². The maximum atomic E-state index is 5.66. The average Bonchev–Trinajstić information content (AvgIpc) is 2.93. The van der Waals surface area contributed by atoms with E-state index in [0.29, 0.717) is 18.0 Å². The third-order valence-electron chi connectivity index (χ3n) is 3.87. The van der Waals surface area contributed by atoms with Gasteiger partial charge in [0.25, 0.3) is 0 Å². The van der Waals surface area contributed by atoms with Crippen LogP contribution in [0.2, 0.25) is 0 Å². The van der Waals surface area contributed by atoms with Crippen LogP contribution in [0.3, 0.4) is 0 Å². The van der Waals surface area contributed by atoms with Crippen LogP contribution in [0.4, 0.5) is 11.8 Å². The highest BCUT2D eigenvalue weighted by Crippen LogP contribution is 2.30. The van der Waals surface area contributed by atoms with Gasteiger partial charge in [0.1, 0.15) is 5.82 Å². The summed E-state index contributed by atoms with van der Waals surface area (Å²) < 4.78 is 5.11. The van der Waals surface area contributed by atoms with Crippen LogP contribution in [-0.4, -0.2) is 47.2 Å². The molecule has 18 heavy (non-hydrogen) atoms. The van der Waals surface area contributed by atoms with Crippen LogP contribution in [0.1, 0.15) is 19.3 Å². The van der Waals surface area contributed by atoms with Crippen molar-refractivity contribution in [3.8, 4) is 5.88 Å². The van der Waals surface area contributed by atoms with Gasteiger partial charge in [0.05, 0.1) is 7.11 Å². The largest absolute Gasteiger partial charge is 0.481 e. The first-order valence-corrected chi connectivity index (χ1v) is 6.45. The minimum absolute atomic E-state index is 0.248. The first-order valence-electron chi connectivity index (χ1n) is 6.45. The first kappa shape index (κ1) is 11.5. The number of anilines is 2. The van der Waals surface area contributed by atoms with E-state index in [9.17, 15) is 0 Å². The van der Waals surface area contributed by atoms with E-state index >= 15 is 0 Å². The number of ether oxygens (including phenoxy) is 1. The maximum absolute atomic E-state index is 5.66. The Morgan fingerprint density at radius 2 is 2.28 bits per heavy atom. The highest BCUT2D eigenvalue weighted by molar-refractivity contribution is 5.44. The zero-order valence-corrected chi connectivity index (χ0v) is 10.6. The number of methoxy groups -OCH3 is 1. The van der Waals surface area contributed by atoms with Crippen molar-refractivity contribution >= 4 is 11.8 Å². The van der Waals surface area contributed by atoms with E-state index in [1.54, 1.807) is 13.2 Å². The molecular weight excluding hydrogens is 230 g/mol. The minimum Gasteiger partial charge on any atom is -0.481 e. The fraction of sp³-hybridized carbons (Fsp3) is 0.667. The predicted octanol–water partition coefficient (Wildman–Crippen LogP) is 0.716. The molecule has 0 spiro atoms. The Hall–Kier alpha value is -1.56. The van der Waals surface area contributed by atoms with E-state index in [2.05, 4.69) is 20.2 Å². The summed E-state index contributed by atoms with van der Waals surface area (Å²) in [6.07, 6.45) is 3.74. The molecule has 2 unspecified atom stereocenters. The number of hydrogen-bond donors (Lipinski definition) is 2. The standard InChI is InChI=1S/C12H19N5O/c1-18-11-7-10(15-12(13)16-11)14-8-4-6-17-5-2-3-9(8)17/h7-9H,2-6H2,1H3,(H3,13,14,15,16). The van der Waals surface area contributed by atoms with Crippen molar-refractivity contribution in [1.29, 1.82) is 0 Å². The second-order valence-corrected chi connectivity index (χ2v) is 4.94. The van der Waals surface area contributed by atoms with E-state index in [0.717, 1.165) is 12.2 Å². The molecule has 0 aliphatic carbocycles. The van der Waals surface area contributed by atoms with Gasteiger partial charge in [0.15, 0.2) is 0 Å². The van der Waals surface area contributed by atoms with Gasteiger partial charge in [0.2, 0.25) is 11.8 Å². The molecule has 0 radical (unpaired) electrons. The fourth-order valence-electron chi connectivity index (χ4n) is 3.06. The summed E-state index contributed by atoms with van der Waals surface area (Å²) in [5, 5.41) is 3.48. The third-order valence-corrected chi connectivity index (χ3v) is 3.87. The van der Waals surface area contributed by atoms with Crippen molar-refractivity contribution in [1.82, 2.24) is 14.9 Å². The maximum Gasteiger partial charge on any atom is 0.225 e. The predicted molar refractivity (Wildman–Crippen MR) is 69.6 cm³/mol. The van der Waals surface area contributed by atoms with Crippen molar-refractivity contribution < 1.29 is 4.74 Å². The van der Waals surface area contributed by atoms with Crippen LogP contribution in [0, 0.1) is 0 Å². The zero-order valence-electron chi connectivity index (χ0n) is 10.6. The molecule has 98 valence electrons. The smallest absolute Gasteiger partial charge is 0.225 e. The van der Waals surface area contributed by atoms with Crippen LogP contribution in [-0.2, 0) is 0 Å². The molecule has 0 saturated carbocycles. The van der Waals surface area contributed by atoms with Gasteiger partial charge < -0.3 is 15.8 Å². The molecule has 0 aromatic carbocycles. The Balaban J connectivity index is 1.74. The monoisotopic (exact) mass is 249 g/mol. The molecule has 2 atom stereocenters. The van der Waals surface area contributed by atoms with Gasteiger partial charge in [-0.15, -0.1) is 0 Å². The summed E-state index contributed by atoms with van der Waals surface area (Å²) in [7, 11) is 1.58. The Bertz CT molecular complexity index is 438. The quantitative estimate of drug-likeness (QED) is 0.822. The molecule has 6 nitrogen and oxygen atoms in total. The number of nitrogens with zero attached hydrogens (tertiary/aromatic N) is 3. The minimum atomic E-state index is 0.248. The number of nitrogen functional groups attached to an aromatic ring is 1. The Labute approximate surface area is 107 Å². The molecule has 2 saturated heterocycles. The fourth-order valence-corrected chi connectivity index (χ4v) is 3.06. The van der Waals surface area contributed by atoms with Crippen molar-refractivity contribution in [2.75, 3.05) is 31.2 Å². The second-order valence-electron chi connectivity index (χ2n) is 4.94. The van der Waals surface area contributed by atoms with Crippen molar-refractivity contribution in [3.05, 3.63) is 6.07 Å². The van der Waals surface area contributed by atoms with Gasteiger partial charge >= 0.3 is 0 Å². The lowest BCUT2D eigenvalue weighted by molar-refractivity contribution is 0.318. The van der Waals surface area contributed by atoms with E-state index in [1.807, 2.05) is 0 Å². The van der Waals surface area contributed by atoms with E-state index in [1.165, 1.54) is 25.9 Å². The second kappa shape index (κ2) is 4.61. The third kappa shape index (κ3) is 2.08. The first-order chi connectivity index (χ1) is 8.76. The number of fused-ring (bicyclic) bond motifs is 1. The number of nitrogens with one attached hydrogen (secondary N) is 1. The molecule has 3 N–H and O–H groups in total. The van der Waals surface area contributed by atoms with Crippen LogP contribution in [0.5, 0.6) is 5.88 Å². The van der Waals surface area contributed by atoms with Gasteiger partial charge in [-0.1, -0.05) is 0 Å². The summed E-state index contributed by atoms with van der Waals surface area (Å²) in [4.78, 5) is 10.8. The van der Waals surface area contributed by atoms with Crippen molar-refractivity contribution in [2.24, 2.45) is 0 Å². The van der Waals surface area contributed by atoms with E-state index < -0.39 is 0 Å². The summed E-state index contributed by atoms with van der Waals surface area (Å²) >= 11 is 0. The highest BCUT2D eigenvalue weighted by Gasteiger charge is 2.37. The van der Waals surface area contributed by atoms with Crippen LogP contribution >= 0.6 is 0 Å². The molecule has 1 aromatic rings. The van der Waals surface area contributed by atoms with Gasteiger partial charge in [0, 0.05) is 24.7 Å². The molecular formula is C12H19N5O. The highest BCUT2D eigenvalue weighted by atomic mass is 16.5. The summed E-state index contributed by atoms with van der Waals surface area (Å²) in [5.41, 5.74) is 5.66. The molecule has 2 aliphatic heterocycles. The van der Waals surface area contributed by atoms with Crippen LogP contribution in [0.25, 0.3) is 0 Å². The number of rotatable bonds is 3. The lowest BCUT2D eigenvalue weighted by Crippen LogP contribution is -2.34. The van der Waals surface area contributed by atoms with Gasteiger partial charge in [-0.05, 0) is 25.8 Å². The number of aromatic nitrogens is 2. The van der Waals surface area contributed by atoms with Gasteiger partial charge in [-0.25, -0.2) is 0 Å². The molecule has 3 heterocycles. The summed E-state index contributed by atoms with van der Waals surface area (Å²) in [5.74, 6) is 1.52. The van der Waals surface area contributed by atoms with E-state index in [4.69, 9.17) is 10.5 Å². The molecule has 3 rings (SSSR count). The molecule has 1 aromatic heterocycles. The molecule has 2 aliphatic rings.